The molecule has 0 spiro atoms. The van der Waals surface area contributed by atoms with E-state index in [0.29, 0.717) is 21.8 Å². The number of terminal acetylenes is 1. The zero-order valence-electron chi connectivity index (χ0n) is 21.9. The van der Waals surface area contributed by atoms with Crippen molar-refractivity contribution < 1.29 is 19.1 Å². The molecular formula is C28H34ClN3O4. The summed E-state index contributed by atoms with van der Waals surface area (Å²) in [6, 6.07) is 11.1. The molecule has 2 rings (SSSR count). The number of carbonyl (C=O) groups is 3. The number of anilines is 1. The zero-order chi connectivity index (χ0) is 27.3. The lowest BCUT2D eigenvalue weighted by molar-refractivity contribution is -0.144. The minimum atomic E-state index is -1.04. The van der Waals surface area contributed by atoms with Gasteiger partial charge in [-0.15, -0.1) is 6.42 Å². The van der Waals surface area contributed by atoms with E-state index in [0.717, 1.165) is 5.56 Å². The Morgan fingerprint density at radius 2 is 1.67 bits per heavy atom. The van der Waals surface area contributed by atoms with Gasteiger partial charge in [0.2, 0.25) is 5.91 Å². The Kier molecular flexibility index (Phi) is 9.17. The monoisotopic (exact) mass is 511 g/mol. The van der Waals surface area contributed by atoms with Gasteiger partial charge >= 0.3 is 6.09 Å². The molecule has 0 bridgehead atoms. The number of amides is 3. The molecule has 1 unspecified atom stereocenters. The number of nitrogens with zero attached hydrogens (tertiary/aromatic N) is 1. The molecule has 3 amide bonds. The molecule has 0 fully saturated rings. The number of benzene rings is 2. The maximum Gasteiger partial charge on any atom is 0.408 e. The van der Waals surface area contributed by atoms with Gasteiger partial charge in [-0.2, -0.15) is 0 Å². The highest BCUT2D eigenvalue weighted by atomic mass is 35.5. The van der Waals surface area contributed by atoms with E-state index >= 15 is 0 Å². The number of nitrogens with one attached hydrogen (secondary N) is 2. The second-order valence-corrected chi connectivity index (χ2v) is 10.8. The molecule has 36 heavy (non-hydrogen) atoms. The molecule has 2 N–H and O–H groups in total. The molecule has 0 aliphatic carbocycles. The predicted molar refractivity (Wildman–Crippen MR) is 143 cm³/mol. The van der Waals surface area contributed by atoms with Gasteiger partial charge < -0.3 is 20.3 Å². The number of hydrogen-bond donors (Lipinski definition) is 2. The van der Waals surface area contributed by atoms with Gasteiger partial charge in [-0.1, -0.05) is 41.8 Å². The number of alkyl carbamates (subject to hydrolysis) is 1. The lowest BCUT2D eigenvalue weighted by Gasteiger charge is -2.41. The van der Waals surface area contributed by atoms with Gasteiger partial charge in [-0.05, 0) is 77.8 Å². The lowest BCUT2D eigenvalue weighted by atomic mass is 9.95. The maximum atomic E-state index is 13.8. The van der Waals surface area contributed by atoms with E-state index in [-0.39, 0.29) is 6.54 Å². The molecule has 8 heteroatoms. The standard InChI is InChI=1S/C28H34ClN3O4/c1-9-19-13-15-20(16-14-19)24(25(34)31-23-18(2)11-10-12-21(23)29)32(27(3,4)5)22(33)17-30-26(35)36-28(6,7)8/h1,10-16,24H,17H2,2-8H3,(H,30,35)(H,31,34). The smallest absolute Gasteiger partial charge is 0.408 e. The Balaban J connectivity index is 2.48. The van der Waals surface area contributed by atoms with Crippen LogP contribution in [0.1, 0.15) is 64.3 Å². The summed E-state index contributed by atoms with van der Waals surface area (Å²) in [5.41, 5.74) is 0.914. The molecule has 0 saturated carbocycles. The first-order valence-electron chi connectivity index (χ1n) is 11.6. The van der Waals surface area contributed by atoms with E-state index < -0.39 is 35.1 Å². The van der Waals surface area contributed by atoms with Gasteiger partial charge in [0.25, 0.3) is 5.91 Å². The number of para-hydroxylation sites is 1. The van der Waals surface area contributed by atoms with Crippen molar-refractivity contribution in [2.24, 2.45) is 0 Å². The van der Waals surface area contributed by atoms with Gasteiger partial charge in [-0.25, -0.2) is 4.79 Å². The lowest BCUT2D eigenvalue weighted by Crippen LogP contribution is -2.54. The van der Waals surface area contributed by atoms with E-state index in [1.807, 2.05) is 33.8 Å². The van der Waals surface area contributed by atoms with Gasteiger partial charge in [-0.3, -0.25) is 9.59 Å². The van der Waals surface area contributed by atoms with E-state index in [9.17, 15) is 14.4 Å². The topological polar surface area (TPSA) is 87.7 Å². The average molecular weight is 512 g/mol. The first-order chi connectivity index (χ1) is 16.6. The molecule has 0 radical (unpaired) electrons. The SMILES string of the molecule is C#Cc1ccc(C(C(=O)Nc2c(C)cccc2Cl)N(C(=O)CNC(=O)OC(C)(C)C)C(C)(C)C)cc1. The van der Waals surface area contributed by atoms with Crippen LogP contribution in [-0.4, -0.2) is 40.5 Å². The van der Waals surface area contributed by atoms with Crippen molar-refractivity contribution in [1.29, 1.82) is 0 Å². The summed E-state index contributed by atoms with van der Waals surface area (Å²) in [7, 11) is 0. The zero-order valence-corrected chi connectivity index (χ0v) is 22.6. The number of hydrogen-bond acceptors (Lipinski definition) is 4. The van der Waals surface area contributed by atoms with E-state index in [1.165, 1.54) is 4.90 Å². The molecule has 0 aliphatic rings. The third-order valence-electron chi connectivity index (χ3n) is 5.14. The second-order valence-electron chi connectivity index (χ2n) is 10.4. The van der Waals surface area contributed by atoms with Crippen LogP contribution in [0.25, 0.3) is 0 Å². The van der Waals surface area contributed by atoms with Crippen LogP contribution < -0.4 is 10.6 Å². The van der Waals surface area contributed by atoms with Crippen molar-refractivity contribution in [3.05, 3.63) is 64.2 Å². The average Bonchev–Trinajstić information content (AvgIpc) is 2.76. The van der Waals surface area contributed by atoms with Crippen LogP contribution >= 0.6 is 11.6 Å². The first-order valence-corrected chi connectivity index (χ1v) is 11.9. The Morgan fingerprint density at radius 3 is 2.17 bits per heavy atom. The van der Waals surface area contributed by atoms with Crippen molar-refractivity contribution in [3.63, 3.8) is 0 Å². The van der Waals surface area contributed by atoms with Crippen molar-refractivity contribution in [1.82, 2.24) is 10.2 Å². The minimum absolute atomic E-state index is 0.358. The normalized spacial score (nSPS) is 12.2. The fourth-order valence-electron chi connectivity index (χ4n) is 3.61. The van der Waals surface area contributed by atoms with Crippen LogP contribution in [0.2, 0.25) is 5.02 Å². The number of aryl methyl sites for hydroxylation is 1. The van der Waals surface area contributed by atoms with Gasteiger partial charge in [0.05, 0.1) is 10.7 Å². The van der Waals surface area contributed by atoms with Crippen LogP contribution in [0, 0.1) is 19.3 Å². The molecule has 0 saturated heterocycles. The number of carbonyl (C=O) groups excluding carboxylic acids is 3. The fourth-order valence-corrected chi connectivity index (χ4v) is 3.88. The summed E-state index contributed by atoms with van der Waals surface area (Å²) < 4.78 is 5.24. The molecule has 1 atom stereocenters. The van der Waals surface area contributed by atoms with Gasteiger partial charge in [0.1, 0.15) is 18.2 Å². The minimum Gasteiger partial charge on any atom is -0.444 e. The Hall–Kier alpha value is -3.50. The van der Waals surface area contributed by atoms with E-state index in [1.54, 1.807) is 57.2 Å². The fraction of sp³-hybridized carbons (Fsp3) is 0.393. The van der Waals surface area contributed by atoms with Gasteiger partial charge in [0, 0.05) is 11.1 Å². The predicted octanol–water partition coefficient (Wildman–Crippen LogP) is 5.46. The summed E-state index contributed by atoms with van der Waals surface area (Å²) in [5.74, 6) is 1.63. The van der Waals surface area contributed by atoms with Crippen molar-refractivity contribution >= 4 is 35.2 Å². The molecular weight excluding hydrogens is 478 g/mol. The molecule has 0 aliphatic heterocycles. The van der Waals surface area contributed by atoms with Crippen LogP contribution in [0.5, 0.6) is 0 Å². The van der Waals surface area contributed by atoms with Crippen LogP contribution in [0.4, 0.5) is 10.5 Å². The summed E-state index contributed by atoms with van der Waals surface area (Å²) in [6.07, 6.45) is 4.77. The van der Waals surface area contributed by atoms with Crippen LogP contribution in [0.3, 0.4) is 0 Å². The van der Waals surface area contributed by atoms with Gasteiger partial charge in [0.15, 0.2) is 0 Å². The summed E-state index contributed by atoms with van der Waals surface area (Å²) >= 11 is 6.35. The highest BCUT2D eigenvalue weighted by molar-refractivity contribution is 6.34. The Bertz CT molecular complexity index is 1140. The van der Waals surface area contributed by atoms with E-state index in [4.69, 9.17) is 22.8 Å². The Morgan fingerprint density at radius 1 is 1.06 bits per heavy atom. The highest BCUT2D eigenvalue weighted by Crippen LogP contribution is 2.32. The summed E-state index contributed by atoms with van der Waals surface area (Å²) in [4.78, 5) is 40.9. The maximum absolute atomic E-state index is 13.8. The first kappa shape index (κ1) is 28.7. The van der Waals surface area contributed by atoms with Crippen LogP contribution in [0.15, 0.2) is 42.5 Å². The number of halogens is 1. The molecule has 192 valence electrons. The Labute approximate surface area is 218 Å². The third-order valence-corrected chi connectivity index (χ3v) is 5.46. The highest BCUT2D eigenvalue weighted by Gasteiger charge is 2.39. The summed E-state index contributed by atoms with van der Waals surface area (Å²) in [6.45, 7) is 12.1. The molecule has 2 aromatic rings. The number of ether oxygens (including phenoxy) is 1. The number of rotatable bonds is 6. The van der Waals surface area contributed by atoms with Crippen LogP contribution in [-0.2, 0) is 14.3 Å². The molecule has 0 aromatic heterocycles. The van der Waals surface area contributed by atoms with Crippen molar-refractivity contribution in [2.45, 2.75) is 65.6 Å². The third kappa shape index (κ3) is 7.76. The second kappa shape index (κ2) is 11.5. The molecule has 7 nitrogen and oxygen atoms in total. The summed E-state index contributed by atoms with van der Waals surface area (Å²) in [5, 5.41) is 5.76. The van der Waals surface area contributed by atoms with Crippen molar-refractivity contribution in [2.75, 3.05) is 11.9 Å². The molecule has 2 aromatic carbocycles. The molecule has 0 heterocycles. The van der Waals surface area contributed by atoms with Crippen molar-refractivity contribution in [3.8, 4) is 12.3 Å². The largest absolute Gasteiger partial charge is 0.444 e. The quantitative estimate of drug-likeness (QED) is 0.504. The van der Waals surface area contributed by atoms with E-state index in [2.05, 4.69) is 16.6 Å².